The maximum absolute atomic E-state index is 10.9. The molecule has 0 saturated carbocycles. The van der Waals surface area contributed by atoms with Crippen LogP contribution in [0, 0.1) is 5.92 Å². The molecule has 0 bridgehead atoms. The minimum atomic E-state index is -3.26. The van der Waals surface area contributed by atoms with Crippen LogP contribution in [0.1, 0.15) is 27.7 Å². The van der Waals surface area contributed by atoms with E-state index in [1.807, 2.05) is 13.8 Å². The lowest BCUT2D eigenvalue weighted by molar-refractivity contribution is 0.178. The van der Waals surface area contributed by atoms with Crippen molar-refractivity contribution in [3.63, 3.8) is 0 Å². The largest absolute Gasteiger partial charge is 0.267 e. The molecule has 0 aromatic rings. The van der Waals surface area contributed by atoms with Gasteiger partial charge in [0.1, 0.15) is 0 Å². The first-order valence-electron chi connectivity index (χ1n) is 3.80. The third kappa shape index (κ3) is 4.37. The number of hydrogen-bond donors (Lipinski definition) is 0. The maximum atomic E-state index is 10.9. The lowest BCUT2D eigenvalue weighted by Gasteiger charge is -2.14. The van der Waals surface area contributed by atoms with Crippen molar-refractivity contribution in [1.82, 2.24) is 0 Å². The standard InChI is InChI=1S/C7H16O3S/c1-5-11(8,9)10-7(4)6(2)3/h6-7H,5H2,1-4H3. The van der Waals surface area contributed by atoms with Crippen LogP contribution in [-0.4, -0.2) is 20.3 Å². The molecule has 0 aliphatic heterocycles. The average molecular weight is 180 g/mol. The third-order valence-corrected chi connectivity index (χ3v) is 2.89. The van der Waals surface area contributed by atoms with Crippen LogP contribution < -0.4 is 0 Å². The van der Waals surface area contributed by atoms with Crippen LogP contribution in [0.3, 0.4) is 0 Å². The highest BCUT2D eigenvalue weighted by molar-refractivity contribution is 7.86. The molecule has 0 N–H and O–H groups in total. The first kappa shape index (κ1) is 10.9. The highest BCUT2D eigenvalue weighted by Gasteiger charge is 2.15. The molecule has 0 amide bonds. The highest BCUT2D eigenvalue weighted by Crippen LogP contribution is 2.08. The summed E-state index contributed by atoms with van der Waals surface area (Å²) in [6.07, 6.45) is -0.222. The molecule has 0 saturated heterocycles. The lowest BCUT2D eigenvalue weighted by atomic mass is 10.1. The molecule has 3 nitrogen and oxygen atoms in total. The van der Waals surface area contributed by atoms with Gasteiger partial charge in [0.25, 0.3) is 10.1 Å². The fourth-order valence-electron chi connectivity index (χ4n) is 0.410. The molecule has 0 aliphatic rings. The molecule has 0 rings (SSSR count). The van der Waals surface area contributed by atoms with Crippen molar-refractivity contribution in [2.24, 2.45) is 5.92 Å². The van der Waals surface area contributed by atoms with E-state index in [9.17, 15) is 8.42 Å². The Morgan fingerprint density at radius 3 is 2.00 bits per heavy atom. The Morgan fingerprint density at radius 1 is 1.27 bits per heavy atom. The molecular weight excluding hydrogens is 164 g/mol. The molecule has 0 spiro atoms. The minimum absolute atomic E-state index is 0.0457. The quantitative estimate of drug-likeness (QED) is 0.614. The molecule has 1 unspecified atom stereocenters. The van der Waals surface area contributed by atoms with Gasteiger partial charge in [0.05, 0.1) is 11.9 Å². The summed E-state index contributed by atoms with van der Waals surface area (Å²) >= 11 is 0. The van der Waals surface area contributed by atoms with Gasteiger partial charge in [-0.2, -0.15) is 8.42 Å². The van der Waals surface area contributed by atoms with Crippen LogP contribution in [0.25, 0.3) is 0 Å². The summed E-state index contributed by atoms with van der Waals surface area (Å²) in [5.74, 6) is 0.278. The average Bonchev–Trinajstić information content (AvgIpc) is 1.87. The lowest BCUT2D eigenvalue weighted by Crippen LogP contribution is -2.21. The summed E-state index contributed by atoms with van der Waals surface area (Å²) in [5.41, 5.74) is 0. The van der Waals surface area contributed by atoms with Gasteiger partial charge in [-0.3, -0.25) is 4.18 Å². The minimum Gasteiger partial charge on any atom is -0.267 e. The van der Waals surface area contributed by atoms with E-state index >= 15 is 0 Å². The predicted molar refractivity (Wildman–Crippen MR) is 44.8 cm³/mol. The molecule has 0 fully saturated rings. The van der Waals surface area contributed by atoms with E-state index in [0.29, 0.717) is 0 Å². The molecule has 0 aromatic carbocycles. The Hall–Kier alpha value is -0.0900. The zero-order valence-electron chi connectivity index (χ0n) is 7.49. The van der Waals surface area contributed by atoms with Crippen LogP contribution in [0.5, 0.6) is 0 Å². The first-order chi connectivity index (χ1) is 4.89. The topological polar surface area (TPSA) is 43.4 Å². The highest BCUT2D eigenvalue weighted by atomic mass is 32.2. The Morgan fingerprint density at radius 2 is 1.73 bits per heavy atom. The molecule has 0 heterocycles. The molecule has 11 heavy (non-hydrogen) atoms. The van der Waals surface area contributed by atoms with Crippen molar-refractivity contribution in [3.05, 3.63) is 0 Å². The van der Waals surface area contributed by atoms with Crippen LogP contribution in [0.15, 0.2) is 0 Å². The molecule has 1 atom stereocenters. The smallest absolute Gasteiger partial charge is 0.267 e. The van der Waals surface area contributed by atoms with Gasteiger partial charge in [-0.15, -0.1) is 0 Å². The van der Waals surface area contributed by atoms with Gasteiger partial charge < -0.3 is 0 Å². The molecule has 0 aliphatic carbocycles. The Kier molecular flexibility index (Phi) is 4.03. The Bertz CT molecular complexity index is 194. The van der Waals surface area contributed by atoms with E-state index < -0.39 is 10.1 Å². The second-order valence-electron chi connectivity index (χ2n) is 2.89. The van der Waals surface area contributed by atoms with Crippen molar-refractivity contribution in [2.75, 3.05) is 5.75 Å². The second kappa shape index (κ2) is 4.07. The number of hydrogen-bond acceptors (Lipinski definition) is 3. The van der Waals surface area contributed by atoms with E-state index in [1.165, 1.54) is 0 Å². The molecule has 0 aromatic heterocycles. The third-order valence-electron chi connectivity index (χ3n) is 1.59. The van der Waals surface area contributed by atoms with E-state index in [0.717, 1.165) is 0 Å². The summed E-state index contributed by atoms with van der Waals surface area (Å²) in [7, 11) is -3.26. The fourth-order valence-corrected chi connectivity index (χ4v) is 1.23. The SMILES string of the molecule is CCS(=O)(=O)OC(C)C(C)C. The van der Waals surface area contributed by atoms with E-state index in [2.05, 4.69) is 0 Å². The molecular formula is C7H16O3S. The number of rotatable bonds is 4. The van der Waals surface area contributed by atoms with Crippen molar-refractivity contribution in [1.29, 1.82) is 0 Å². The van der Waals surface area contributed by atoms with E-state index in [1.54, 1.807) is 13.8 Å². The first-order valence-corrected chi connectivity index (χ1v) is 5.37. The van der Waals surface area contributed by atoms with E-state index in [4.69, 9.17) is 4.18 Å². The van der Waals surface area contributed by atoms with E-state index in [-0.39, 0.29) is 17.8 Å². The summed E-state index contributed by atoms with van der Waals surface area (Å²) in [4.78, 5) is 0. The predicted octanol–water partition coefficient (Wildman–Crippen LogP) is 1.40. The monoisotopic (exact) mass is 180 g/mol. The van der Waals surface area contributed by atoms with Crippen molar-refractivity contribution in [2.45, 2.75) is 33.8 Å². The van der Waals surface area contributed by atoms with Crippen molar-refractivity contribution < 1.29 is 12.6 Å². The van der Waals surface area contributed by atoms with Gasteiger partial charge in [-0.05, 0) is 19.8 Å². The van der Waals surface area contributed by atoms with Gasteiger partial charge in [-0.1, -0.05) is 13.8 Å². The molecule has 0 radical (unpaired) electrons. The van der Waals surface area contributed by atoms with Crippen LogP contribution >= 0.6 is 0 Å². The Balaban J connectivity index is 4.05. The van der Waals surface area contributed by atoms with Gasteiger partial charge >= 0.3 is 0 Å². The molecule has 68 valence electrons. The summed E-state index contributed by atoms with van der Waals surface area (Å²) in [5, 5.41) is 0. The van der Waals surface area contributed by atoms with Crippen molar-refractivity contribution >= 4 is 10.1 Å². The van der Waals surface area contributed by atoms with Crippen LogP contribution in [-0.2, 0) is 14.3 Å². The summed E-state index contributed by atoms with van der Waals surface area (Å²) in [6.45, 7) is 7.19. The van der Waals surface area contributed by atoms with Gasteiger partial charge in [0.2, 0.25) is 0 Å². The van der Waals surface area contributed by atoms with Gasteiger partial charge in [0.15, 0.2) is 0 Å². The Labute approximate surface area is 68.9 Å². The summed E-state index contributed by atoms with van der Waals surface area (Å²) < 4.78 is 26.6. The second-order valence-corrected chi connectivity index (χ2v) is 4.78. The van der Waals surface area contributed by atoms with Crippen LogP contribution in [0.4, 0.5) is 0 Å². The normalized spacial score (nSPS) is 15.4. The fraction of sp³-hybridized carbons (Fsp3) is 1.00. The van der Waals surface area contributed by atoms with Gasteiger partial charge in [-0.25, -0.2) is 0 Å². The van der Waals surface area contributed by atoms with Gasteiger partial charge in [0, 0.05) is 0 Å². The maximum Gasteiger partial charge on any atom is 0.267 e. The summed E-state index contributed by atoms with van der Waals surface area (Å²) in [6, 6.07) is 0. The van der Waals surface area contributed by atoms with Crippen molar-refractivity contribution in [3.8, 4) is 0 Å². The van der Waals surface area contributed by atoms with Crippen LogP contribution in [0.2, 0.25) is 0 Å². The zero-order chi connectivity index (χ0) is 9.07. The molecule has 4 heteroatoms. The zero-order valence-corrected chi connectivity index (χ0v) is 8.31.